The van der Waals surface area contributed by atoms with Gasteiger partial charge in [-0.05, 0) is 17.1 Å². The summed E-state index contributed by atoms with van der Waals surface area (Å²) in [5, 5.41) is 9.79. The molecule has 0 aliphatic carbocycles. The van der Waals surface area contributed by atoms with Gasteiger partial charge in [-0.1, -0.05) is 45.0 Å². The van der Waals surface area contributed by atoms with E-state index in [1.165, 1.54) is 0 Å². The van der Waals surface area contributed by atoms with Crippen molar-refractivity contribution in [2.75, 3.05) is 6.54 Å². The third kappa shape index (κ3) is 2.83. The van der Waals surface area contributed by atoms with Crippen LogP contribution >= 0.6 is 0 Å². The standard InChI is InChI=1S/C13H19NO/c1-13(2,3)11(8-9-14)10-6-4-5-7-12(10)15/h4-8,15H,9,14H2,1-3H3/b11-8+. The van der Waals surface area contributed by atoms with Crippen LogP contribution in [0.5, 0.6) is 5.75 Å². The number of hydrogen-bond donors (Lipinski definition) is 2. The Bertz CT molecular complexity index is 361. The Morgan fingerprint density at radius 3 is 2.40 bits per heavy atom. The monoisotopic (exact) mass is 205 g/mol. The van der Waals surface area contributed by atoms with Gasteiger partial charge >= 0.3 is 0 Å². The van der Waals surface area contributed by atoms with E-state index >= 15 is 0 Å². The van der Waals surface area contributed by atoms with E-state index in [1.807, 2.05) is 24.3 Å². The summed E-state index contributed by atoms with van der Waals surface area (Å²) in [6, 6.07) is 7.36. The molecule has 0 aliphatic heterocycles. The molecule has 1 rings (SSSR count). The summed E-state index contributed by atoms with van der Waals surface area (Å²) in [5.41, 5.74) is 7.50. The maximum absolute atomic E-state index is 9.79. The lowest BCUT2D eigenvalue weighted by molar-refractivity contribution is 0.469. The van der Waals surface area contributed by atoms with Crippen molar-refractivity contribution in [1.82, 2.24) is 0 Å². The molecule has 0 aliphatic rings. The number of aromatic hydroxyl groups is 1. The van der Waals surface area contributed by atoms with E-state index in [-0.39, 0.29) is 5.41 Å². The maximum atomic E-state index is 9.79. The first kappa shape index (κ1) is 11.8. The first-order chi connectivity index (χ1) is 6.96. The highest BCUT2D eigenvalue weighted by Gasteiger charge is 2.20. The van der Waals surface area contributed by atoms with Crippen molar-refractivity contribution in [2.24, 2.45) is 11.1 Å². The SMILES string of the molecule is CC(C)(C)/C(=C/CN)c1ccccc1O. The summed E-state index contributed by atoms with van der Waals surface area (Å²) < 4.78 is 0. The zero-order valence-corrected chi connectivity index (χ0v) is 9.62. The van der Waals surface area contributed by atoms with Gasteiger partial charge in [0.25, 0.3) is 0 Å². The van der Waals surface area contributed by atoms with Crippen LogP contribution in [0.25, 0.3) is 5.57 Å². The van der Waals surface area contributed by atoms with Gasteiger partial charge in [0.2, 0.25) is 0 Å². The number of allylic oxidation sites excluding steroid dienone is 1. The lowest BCUT2D eigenvalue weighted by atomic mass is 9.81. The number of hydrogen-bond acceptors (Lipinski definition) is 2. The summed E-state index contributed by atoms with van der Waals surface area (Å²) in [6.07, 6.45) is 1.97. The van der Waals surface area contributed by atoms with Crippen LogP contribution in [0.1, 0.15) is 26.3 Å². The van der Waals surface area contributed by atoms with Crippen LogP contribution in [0.2, 0.25) is 0 Å². The molecule has 0 unspecified atom stereocenters. The summed E-state index contributed by atoms with van der Waals surface area (Å²) in [6.45, 7) is 6.82. The number of benzene rings is 1. The molecule has 0 heterocycles. The molecule has 0 saturated carbocycles. The van der Waals surface area contributed by atoms with Gasteiger partial charge in [-0.15, -0.1) is 0 Å². The van der Waals surface area contributed by atoms with Crippen molar-refractivity contribution in [3.8, 4) is 5.75 Å². The molecule has 0 aromatic heterocycles. The summed E-state index contributed by atoms with van der Waals surface area (Å²) in [4.78, 5) is 0. The van der Waals surface area contributed by atoms with Crippen molar-refractivity contribution in [1.29, 1.82) is 0 Å². The Labute approximate surface area is 91.4 Å². The van der Waals surface area contributed by atoms with E-state index < -0.39 is 0 Å². The molecule has 1 aromatic rings. The topological polar surface area (TPSA) is 46.2 Å². The third-order valence-electron chi connectivity index (χ3n) is 2.32. The molecule has 0 radical (unpaired) electrons. The van der Waals surface area contributed by atoms with Crippen LogP contribution < -0.4 is 5.73 Å². The van der Waals surface area contributed by atoms with Gasteiger partial charge in [0.05, 0.1) is 0 Å². The number of rotatable bonds is 2. The van der Waals surface area contributed by atoms with Gasteiger partial charge < -0.3 is 10.8 Å². The second-order valence-electron chi connectivity index (χ2n) is 4.62. The molecule has 2 nitrogen and oxygen atoms in total. The molecule has 0 spiro atoms. The van der Waals surface area contributed by atoms with E-state index in [0.29, 0.717) is 12.3 Å². The van der Waals surface area contributed by atoms with Crippen LogP contribution in [0.3, 0.4) is 0 Å². The van der Waals surface area contributed by atoms with Crippen molar-refractivity contribution in [2.45, 2.75) is 20.8 Å². The Morgan fingerprint density at radius 1 is 1.33 bits per heavy atom. The normalized spacial score (nSPS) is 12.9. The smallest absolute Gasteiger partial charge is 0.123 e. The lowest BCUT2D eigenvalue weighted by Crippen LogP contribution is -2.10. The van der Waals surface area contributed by atoms with Crippen molar-refractivity contribution in [3.63, 3.8) is 0 Å². The first-order valence-corrected chi connectivity index (χ1v) is 5.16. The van der Waals surface area contributed by atoms with Gasteiger partial charge in [0.1, 0.15) is 5.75 Å². The quantitative estimate of drug-likeness (QED) is 0.779. The van der Waals surface area contributed by atoms with Crippen molar-refractivity contribution < 1.29 is 5.11 Å². The van der Waals surface area contributed by atoms with Gasteiger partial charge in [-0.2, -0.15) is 0 Å². The molecular weight excluding hydrogens is 186 g/mol. The number of nitrogens with two attached hydrogens (primary N) is 1. The minimum atomic E-state index is -0.0157. The van der Waals surface area contributed by atoms with Crippen LogP contribution in [0.4, 0.5) is 0 Å². The molecule has 15 heavy (non-hydrogen) atoms. The highest BCUT2D eigenvalue weighted by molar-refractivity contribution is 5.73. The van der Waals surface area contributed by atoms with Crippen molar-refractivity contribution in [3.05, 3.63) is 35.9 Å². The average molecular weight is 205 g/mol. The predicted molar refractivity (Wildman–Crippen MR) is 64.6 cm³/mol. The third-order valence-corrected chi connectivity index (χ3v) is 2.32. The number of phenols is 1. The summed E-state index contributed by atoms with van der Waals surface area (Å²) in [5.74, 6) is 0.312. The Morgan fingerprint density at radius 2 is 1.93 bits per heavy atom. The second-order valence-corrected chi connectivity index (χ2v) is 4.62. The van der Waals surface area contributed by atoms with Crippen LogP contribution in [0.15, 0.2) is 30.3 Å². The molecule has 2 heteroatoms. The summed E-state index contributed by atoms with van der Waals surface area (Å²) in [7, 11) is 0. The molecule has 0 bridgehead atoms. The van der Waals surface area contributed by atoms with E-state index in [1.54, 1.807) is 6.07 Å². The van der Waals surface area contributed by atoms with Gasteiger partial charge in [0.15, 0.2) is 0 Å². The van der Waals surface area contributed by atoms with Gasteiger partial charge in [-0.3, -0.25) is 0 Å². The van der Waals surface area contributed by atoms with Gasteiger partial charge in [0, 0.05) is 12.1 Å². The number of para-hydroxylation sites is 1. The zero-order valence-electron chi connectivity index (χ0n) is 9.62. The Kier molecular flexibility index (Phi) is 3.53. The lowest BCUT2D eigenvalue weighted by Gasteiger charge is -2.24. The minimum absolute atomic E-state index is 0.0157. The van der Waals surface area contributed by atoms with E-state index in [2.05, 4.69) is 20.8 Å². The predicted octanol–water partition coefficient (Wildman–Crippen LogP) is 2.78. The fourth-order valence-corrected chi connectivity index (χ4v) is 1.64. The van der Waals surface area contributed by atoms with Gasteiger partial charge in [-0.25, -0.2) is 0 Å². The molecule has 0 atom stereocenters. The second kappa shape index (κ2) is 4.49. The molecular formula is C13H19NO. The zero-order chi connectivity index (χ0) is 11.5. The van der Waals surface area contributed by atoms with Crippen LogP contribution in [0, 0.1) is 5.41 Å². The highest BCUT2D eigenvalue weighted by Crippen LogP contribution is 2.37. The number of phenolic OH excluding ortho intramolecular Hbond substituents is 1. The van der Waals surface area contributed by atoms with Crippen LogP contribution in [-0.2, 0) is 0 Å². The largest absolute Gasteiger partial charge is 0.507 e. The average Bonchev–Trinajstić information content (AvgIpc) is 2.14. The molecule has 0 saturated heterocycles. The first-order valence-electron chi connectivity index (χ1n) is 5.16. The fraction of sp³-hybridized carbons (Fsp3) is 0.385. The Balaban J connectivity index is 3.24. The summed E-state index contributed by atoms with van der Waals surface area (Å²) >= 11 is 0. The van der Waals surface area contributed by atoms with Crippen molar-refractivity contribution >= 4 is 5.57 Å². The Hall–Kier alpha value is -1.28. The fourth-order valence-electron chi connectivity index (χ4n) is 1.64. The minimum Gasteiger partial charge on any atom is -0.507 e. The molecule has 82 valence electrons. The van der Waals surface area contributed by atoms with E-state index in [0.717, 1.165) is 11.1 Å². The molecule has 1 aromatic carbocycles. The molecule has 0 amide bonds. The maximum Gasteiger partial charge on any atom is 0.123 e. The van der Waals surface area contributed by atoms with E-state index in [9.17, 15) is 5.11 Å². The van der Waals surface area contributed by atoms with Crippen LogP contribution in [-0.4, -0.2) is 11.7 Å². The molecule has 3 N–H and O–H groups in total. The molecule has 0 fully saturated rings. The highest BCUT2D eigenvalue weighted by atomic mass is 16.3. The van der Waals surface area contributed by atoms with E-state index in [4.69, 9.17) is 5.73 Å².